The van der Waals surface area contributed by atoms with Crippen LogP contribution in [-0.4, -0.2) is 24.8 Å². The number of Topliss-reactive ketones (excluding diaryl/α,β-unsaturated/α-hetero) is 1. The summed E-state index contributed by atoms with van der Waals surface area (Å²) in [5.74, 6) is -0.665. The highest BCUT2D eigenvalue weighted by Crippen LogP contribution is 2.40. The van der Waals surface area contributed by atoms with Gasteiger partial charge in [-0.15, -0.1) is 0 Å². The molecule has 2 aromatic carbocycles. The Bertz CT molecular complexity index is 836. The van der Waals surface area contributed by atoms with Crippen molar-refractivity contribution in [3.8, 4) is 0 Å². The van der Waals surface area contributed by atoms with Gasteiger partial charge in [0, 0.05) is 32.9 Å². The Hall–Kier alpha value is -1.53. The van der Waals surface area contributed by atoms with Gasteiger partial charge >= 0.3 is 0 Å². The van der Waals surface area contributed by atoms with E-state index in [1.807, 2.05) is 60.7 Å². The number of carbonyl (C=O) groups excluding carboxylic acids is 1. The zero-order valence-corrected chi connectivity index (χ0v) is 17.8. The molecule has 138 valence electrons. The lowest BCUT2D eigenvalue weighted by Gasteiger charge is -2.33. The van der Waals surface area contributed by atoms with E-state index in [2.05, 4.69) is 31.9 Å². The highest BCUT2D eigenvalue weighted by molar-refractivity contribution is 9.10. The number of hydrogen-bond acceptors (Lipinski definition) is 3. The largest absolute Gasteiger partial charge is 0.347 e. The number of rotatable bonds is 2. The summed E-state index contributed by atoms with van der Waals surface area (Å²) in [4.78, 5) is 13.1. The summed E-state index contributed by atoms with van der Waals surface area (Å²) in [6.07, 6.45) is 4.82. The second kappa shape index (κ2) is 7.84. The van der Waals surface area contributed by atoms with Gasteiger partial charge in [0.05, 0.1) is 13.2 Å². The monoisotopic (exact) mass is 488 g/mol. The number of benzene rings is 2. The second-order valence-corrected chi connectivity index (χ2v) is 8.56. The van der Waals surface area contributed by atoms with Crippen molar-refractivity contribution in [2.24, 2.45) is 0 Å². The molecule has 1 saturated carbocycles. The molecule has 27 heavy (non-hydrogen) atoms. The van der Waals surface area contributed by atoms with Gasteiger partial charge < -0.3 is 9.47 Å². The van der Waals surface area contributed by atoms with Crippen molar-refractivity contribution >= 4 is 49.8 Å². The lowest BCUT2D eigenvalue weighted by atomic mass is 9.82. The first kappa shape index (κ1) is 18.8. The minimum atomic E-state index is -0.726. The average molecular weight is 490 g/mol. The van der Waals surface area contributed by atoms with Gasteiger partial charge in [-0.1, -0.05) is 56.1 Å². The number of carbonyl (C=O) groups is 1. The quantitative estimate of drug-likeness (QED) is 0.501. The Balaban J connectivity index is 1.71. The van der Waals surface area contributed by atoms with Gasteiger partial charge in [-0.05, 0) is 47.5 Å². The first-order valence-electron chi connectivity index (χ1n) is 8.78. The van der Waals surface area contributed by atoms with Gasteiger partial charge in [-0.25, -0.2) is 0 Å². The minimum absolute atomic E-state index is 0.0607. The lowest BCUT2D eigenvalue weighted by molar-refractivity contribution is -0.161. The van der Waals surface area contributed by atoms with Crippen LogP contribution in [-0.2, 0) is 14.3 Å². The second-order valence-electron chi connectivity index (χ2n) is 6.73. The Kier molecular flexibility index (Phi) is 5.46. The molecule has 1 heterocycles. The molecule has 2 aliphatic rings. The Labute approximate surface area is 175 Å². The van der Waals surface area contributed by atoms with E-state index in [4.69, 9.17) is 9.47 Å². The van der Waals surface area contributed by atoms with Crippen LogP contribution in [0.2, 0.25) is 0 Å². The topological polar surface area (TPSA) is 35.5 Å². The average Bonchev–Trinajstić information content (AvgIpc) is 3.10. The number of ketones is 1. The molecular formula is C22H18Br2O3. The van der Waals surface area contributed by atoms with Crippen molar-refractivity contribution in [2.45, 2.75) is 18.6 Å². The van der Waals surface area contributed by atoms with E-state index < -0.39 is 5.79 Å². The Morgan fingerprint density at radius 2 is 1.15 bits per heavy atom. The maximum Gasteiger partial charge on any atom is 0.185 e. The van der Waals surface area contributed by atoms with E-state index in [-0.39, 0.29) is 5.78 Å². The van der Waals surface area contributed by atoms with Crippen LogP contribution in [0.15, 0.2) is 68.6 Å². The van der Waals surface area contributed by atoms with Crippen molar-refractivity contribution in [3.05, 3.63) is 79.7 Å². The van der Waals surface area contributed by atoms with Crippen molar-refractivity contribution in [2.75, 3.05) is 13.2 Å². The molecule has 3 nitrogen and oxygen atoms in total. The standard InChI is InChI=1S/C22H18Br2O3/c23-19-5-1-15(2-6-19)11-17-13-22(26-9-10-27-22)14-18(21(17)25)12-16-3-7-20(24)8-4-16/h1-8,11-12H,9-10,13-14H2/b17-11+,18-12+. The van der Waals surface area contributed by atoms with E-state index in [0.717, 1.165) is 20.1 Å². The predicted molar refractivity (Wildman–Crippen MR) is 113 cm³/mol. The summed E-state index contributed by atoms with van der Waals surface area (Å²) >= 11 is 6.89. The molecule has 0 atom stereocenters. The van der Waals surface area contributed by atoms with Crippen LogP contribution in [0.1, 0.15) is 24.0 Å². The number of halogens is 2. The SMILES string of the molecule is O=C1/C(=C/c2ccc(Br)cc2)CC2(C/C1=C\c1ccc(Br)cc1)OCCO2. The van der Waals surface area contributed by atoms with Crippen LogP contribution in [0.3, 0.4) is 0 Å². The smallest absolute Gasteiger partial charge is 0.185 e. The minimum Gasteiger partial charge on any atom is -0.347 e. The molecular weight excluding hydrogens is 472 g/mol. The fourth-order valence-electron chi connectivity index (χ4n) is 3.46. The summed E-state index contributed by atoms with van der Waals surface area (Å²) in [6.45, 7) is 1.12. The molecule has 1 spiro atoms. The highest BCUT2D eigenvalue weighted by atomic mass is 79.9. The molecule has 0 aromatic heterocycles. The molecule has 4 rings (SSSR count). The van der Waals surface area contributed by atoms with Crippen molar-refractivity contribution in [3.63, 3.8) is 0 Å². The molecule has 1 aliphatic heterocycles. The summed E-state index contributed by atoms with van der Waals surface area (Å²) in [5, 5.41) is 0. The fraction of sp³-hybridized carbons (Fsp3) is 0.227. The van der Waals surface area contributed by atoms with Gasteiger partial charge in [0.1, 0.15) is 0 Å². The van der Waals surface area contributed by atoms with E-state index in [9.17, 15) is 4.79 Å². The van der Waals surface area contributed by atoms with Crippen LogP contribution < -0.4 is 0 Å². The number of ether oxygens (including phenoxy) is 2. The van der Waals surface area contributed by atoms with Gasteiger partial charge in [0.2, 0.25) is 0 Å². The molecule has 1 aliphatic carbocycles. The molecule has 0 bridgehead atoms. The molecule has 2 fully saturated rings. The Morgan fingerprint density at radius 3 is 1.56 bits per heavy atom. The molecule has 2 aromatic rings. The number of hydrogen-bond donors (Lipinski definition) is 0. The van der Waals surface area contributed by atoms with E-state index in [1.54, 1.807) is 0 Å². The van der Waals surface area contributed by atoms with E-state index in [0.29, 0.717) is 37.2 Å². The molecule has 0 radical (unpaired) electrons. The maximum absolute atomic E-state index is 13.1. The zero-order valence-electron chi connectivity index (χ0n) is 14.6. The Morgan fingerprint density at radius 1 is 0.741 bits per heavy atom. The van der Waals surface area contributed by atoms with Crippen molar-refractivity contribution in [1.29, 1.82) is 0 Å². The summed E-state index contributed by atoms with van der Waals surface area (Å²) in [7, 11) is 0. The predicted octanol–water partition coefficient (Wildman–Crippen LogP) is 5.78. The summed E-state index contributed by atoms with van der Waals surface area (Å²) in [6, 6.07) is 15.8. The first-order chi connectivity index (χ1) is 13.0. The third kappa shape index (κ3) is 4.32. The van der Waals surface area contributed by atoms with Crippen LogP contribution in [0.5, 0.6) is 0 Å². The van der Waals surface area contributed by atoms with Gasteiger partial charge in [0.15, 0.2) is 11.6 Å². The van der Waals surface area contributed by atoms with Gasteiger partial charge in [-0.2, -0.15) is 0 Å². The van der Waals surface area contributed by atoms with Crippen molar-refractivity contribution in [1.82, 2.24) is 0 Å². The first-order valence-corrected chi connectivity index (χ1v) is 10.4. The summed E-state index contributed by atoms with van der Waals surface area (Å²) < 4.78 is 13.9. The van der Waals surface area contributed by atoms with Crippen LogP contribution in [0.4, 0.5) is 0 Å². The van der Waals surface area contributed by atoms with E-state index in [1.165, 1.54) is 0 Å². The fourth-order valence-corrected chi connectivity index (χ4v) is 3.99. The van der Waals surface area contributed by atoms with Crippen molar-refractivity contribution < 1.29 is 14.3 Å². The van der Waals surface area contributed by atoms with E-state index >= 15 is 0 Å². The molecule has 5 heteroatoms. The van der Waals surface area contributed by atoms with Gasteiger partial charge in [-0.3, -0.25) is 4.79 Å². The maximum atomic E-state index is 13.1. The highest BCUT2D eigenvalue weighted by Gasteiger charge is 2.44. The lowest BCUT2D eigenvalue weighted by Crippen LogP contribution is -2.38. The summed E-state index contributed by atoms with van der Waals surface area (Å²) in [5.41, 5.74) is 3.40. The molecule has 0 N–H and O–H groups in total. The molecule has 0 unspecified atom stereocenters. The molecule has 1 saturated heterocycles. The third-order valence-corrected chi connectivity index (χ3v) is 5.80. The zero-order chi connectivity index (χ0) is 18.9. The normalized spacial score (nSPS) is 22.1. The van der Waals surface area contributed by atoms with Gasteiger partial charge in [0.25, 0.3) is 0 Å². The van der Waals surface area contributed by atoms with Crippen LogP contribution >= 0.6 is 31.9 Å². The van der Waals surface area contributed by atoms with Crippen LogP contribution in [0.25, 0.3) is 12.2 Å². The third-order valence-electron chi connectivity index (χ3n) is 4.74. The molecule has 0 amide bonds. The van der Waals surface area contributed by atoms with Crippen LogP contribution in [0, 0.1) is 0 Å².